The average molecular weight is 379 g/mol. The molecule has 0 aliphatic carbocycles. The lowest BCUT2D eigenvalue weighted by Gasteiger charge is -2.08. The highest BCUT2D eigenvalue weighted by molar-refractivity contribution is 6.32. The molecule has 0 atom stereocenters. The van der Waals surface area contributed by atoms with Gasteiger partial charge in [-0.25, -0.2) is 4.79 Å². The van der Waals surface area contributed by atoms with Crippen molar-refractivity contribution in [2.45, 2.75) is 6.92 Å². The van der Waals surface area contributed by atoms with Crippen molar-refractivity contribution in [3.63, 3.8) is 0 Å². The van der Waals surface area contributed by atoms with Crippen LogP contribution in [0.5, 0.6) is 5.75 Å². The second kappa shape index (κ2) is 8.82. The number of ether oxygens (including phenoxy) is 2. The standard InChI is InChI=1S/C17H15ClN2O6/c1-2-25-13-6-4-12(5-7-13)19-16(21)10-26-17(22)11-3-8-14(18)15(9-11)20(23)24/h3-9H,2,10H2,1H3,(H,19,21). The molecule has 0 heterocycles. The Morgan fingerprint density at radius 3 is 2.50 bits per heavy atom. The predicted octanol–water partition coefficient (Wildman–Crippen LogP) is 3.44. The molecular weight excluding hydrogens is 364 g/mol. The minimum Gasteiger partial charge on any atom is -0.494 e. The Balaban J connectivity index is 1.91. The summed E-state index contributed by atoms with van der Waals surface area (Å²) >= 11 is 5.68. The summed E-state index contributed by atoms with van der Waals surface area (Å²) in [6.45, 7) is 1.85. The van der Waals surface area contributed by atoms with Gasteiger partial charge in [-0.05, 0) is 43.3 Å². The number of nitrogens with zero attached hydrogens (tertiary/aromatic N) is 1. The van der Waals surface area contributed by atoms with Crippen LogP contribution in [-0.2, 0) is 9.53 Å². The average Bonchev–Trinajstić information content (AvgIpc) is 2.61. The van der Waals surface area contributed by atoms with E-state index >= 15 is 0 Å². The van der Waals surface area contributed by atoms with E-state index in [1.54, 1.807) is 24.3 Å². The highest BCUT2D eigenvalue weighted by atomic mass is 35.5. The zero-order chi connectivity index (χ0) is 19.1. The molecule has 0 radical (unpaired) electrons. The van der Waals surface area contributed by atoms with Gasteiger partial charge in [-0.15, -0.1) is 0 Å². The SMILES string of the molecule is CCOc1ccc(NC(=O)COC(=O)c2ccc(Cl)c([N+](=O)[O-])c2)cc1. The van der Waals surface area contributed by atoms with Gasteiger partial charge in [-0.3, -0.25) is 14.9 Å². The van der Waals surface area contributed by atoms with E-state index < -0.39 is 29.1 Å². The number of carbonyl (C=O) groups is 2. The molecule has 0 saturated carbocycles. The molecule has 2 aromatic rings. The Morgan fingerprint density at radius 1 is 1.19 bits per heavy atom. The topological polar surface area (TPSA) is 108 Å². The van der Waals surface area contributed by atoms with Crippen LogP contribution in [0.25, 0.3) is 0 Å². The van der Waals surface area contributed by atoms with Crippen molar-refractivity contribution in [3.8, 4) is 5.75 Å². The first-order valence-electron chi connectivity index (χ1n) is 7.54. The van der Waals surface area contributed by atoms with E-state index in [0.29, 0.717) is 18.0 Å². The van der Waals surface area contributed by atoms with Crippen LogP contribution < -0.4 is 10.1 Å². The summed E-state index contributed by atoms with van der Waals surface area (Å²) in [5.41, 5.74) is 0.0200. The van der Waals surface area contributed by atoms with Gasteiger partial charge in [-0.1, -0.05) is 11.6 Å². The summed E-state index contributed by atoms with van der Waals surface area (Å²) in [6, 6.07) is 10.2. The molecule has 2 rings (SSSR count). The third-order valence-electron chi connectivity index (χ3n) is 3.16. The predicted molar refractivity (Wildman–Crippen MR) is 94.6 cm³/mol. The van der Waals surface area contributed by atoms with Crippen LogP contribution in [0.15, 0.2) is 42.5 Å². The fourth-order valence-corrected chi connectivity index (χ4v) is 2.18. The summed E-state index contributed by atoms with van der Waals surface area (Å²) in [5.74, 6) is -0.751. The van der Waals surface area contributed by atoms with Gasteiger partial charge in [0.05, 0.1) is 17.1 Å². The molecule has 8 nitrogen and oxygen atoms in total. The van der Waals surface area contributed by atoms with E-state index in [2.05, 4.69) is 5.32 Å². The molecule has 136 valence electrons. The van der Waals surface area contributed by atoms with Gasteiger partial charge in [0.1, 0.15) is 10.8 Å². The van der Waals surface area contributed by atoms with Crippen LogP contribution in [0.2, 0.25) is 5.02 Å². The lowest BCUT2D eigenvalue weighted by atomic mass is 10.2. The molecule has 1 N–H and O–H groups in total. The van der Waals surface area contributed by atoms with Crippen molar-refractivity contribution in [1.29, 1.82) is 0 Å². The number of halogens is 1. The third-order valence-corrected chi connectivity index (χ3v) is 3.48. The van der Waals surface area contributed by atoms with Gasteiger partial charge in [-0.2, -0.15) is 0 Å². The minimum atomic E-state index is -0.869. The van der Waals surface area contributed by atoms with Gasteiger partial charge in [0.15, 0.2) is 6.61 Å². The molecule has 26 heavy (non-hydrogen) atoms. The first-order chi connectivity index (χ1) is 12.4. The molecule has 2 aromatic carbocycles. The van der Waals surface area contributed by atoms with E-state index in [9.17, 15) is 19.7 Å². The summed E-state index contributed by atoms with van der Waals surface area (Å²) < 4.78 is 10.1. The molecule has 0 aromatic heterocycles. The van der Waals surface area contributed by atoms with Gasteiger partial charge in [0, 0.05) is 11.8 Å². The van der Waals surface area contributed by atoms with Crippen LogP contribution in [0.3, 0.4) is 0 Å². The quantitative estimate of drug-likeness (QED) is 0.449. The van der Waals surface area contributed by atoms with Gasteiger partial charge in [0.25, 0.3) is 11.6 Å². The van der Waals surface area contributed by atoms with E-state index in [4.69, 9.17) is 21.1 Å². The van der Waals surface area contributed by atoms with Crippen molar-refractivity contribution in [2.75, 3.05) is 18.5 Å². The third kappa shape index (κ3) is 5.18. The largest absolute Gasteiger partial charge is 0.494 e. The summed E-state index contributed by atoms with van der Waals surface area (Å²) in [4.78, 5) is 33.9. The Morgan fingerprint density at radius 2 is 1.88 bits per heavy atom. The number of amides is 1. The maximum Gasteiger partial charge on any atom is 0.338 e. The van der Waals surface area contributed by atoms with E-state index in [0.717, 1.165) is 6.07 Å². The Bertz CT molecular complexity index is 823. The number of nitro benzene ring substituents is 1. The zero-order valence-electron chi connectivity index (χ0n) is 13.7. The molecule has 9 heteroatoms. The maximum absolute atomic E-state index is 11.9. The number of benzene rings is 2. The number of rotatable bonds is 7. The summed E-state index contributed by atoms with van der Waals surface area (Å²) in [5, 5.41) is 13.3. The normalized spacial score (nSPS) is 10.1. The molecule has 0 spiro atoms. The molecule has 0 saturated heterocycles. The first-order valence-corrected chi connectivity index (χ1v) is 7.92. The fraction of sp³-hybridized carbons (Fsp3) is 0.176. The van der Waals surface area contributed by atoms with Crippen LogP contribution in [0.1, 0.15) is 17.3 Å². The lowest BCUT2D eigenvalue weighted by molar-refractivity contribution is -0.384. The van der Waals surface area contributed by atoms with Gasteiger partial charge < -0.3 is 14.8 Å². The van der Waals surface area contributed by atoms with Crippen molar-refractivity contribution in [3.05, 3.63) is 63.2 Å². The molecule has 0 fully saturated rings. The first kappa shape index (κ1) is 19.2. The lowest BCUT2D eigenvalue weighted by Crippen LogP contribution is -2.21. The monoisotopic (exact) mass is 378 g/mol. The number of nitro groups is 1. The molecule has 0 bridgehead atoms. The van der Waals surface area contributed by atoms with Crippen LogP contribution >= 0.6 is 11.6 Å². The molecular formula is C17H15ClN2O6. The van der Waals surface area contributed by atoms with Crippen molar-refractivity contribution >= 4 is 34.9 Å². The van der Waals surface area contributed by atoms with Crippen LogP contribution in [-0.4, -0.2) is 30.0 Å². The number of hydrogen-bond acceptors (Lipinski definition) is 6. The van der Waals surface area contributed by atoms with Crippen LogP contribution in [0, 0.1) is 10.1 Å². The number of anilines is 1. The second-order valence-electron chi connectivity index (χ2n) is 5.00. The highest BCUT2D eigenvalue weighted by Crippen LogP contribution is 2.25. The molecule has 1 amide bonds. The van der Waals surface area contributed by atoms with E-state index in [-0.39, 0.29) is 10.6 Å². The number of hydrogen-bond donors (Lipinski definition) is 1. The van der Waals surface area contributed by atoms with Crippen molar-refractivity contribution in [1.82, 2.24) is 0 Å². The van der Waals surface area contributed by atoms with E-state index in [1.165, 1.54) is 12.1 Å². The highest BCUT2D eigenvalue weighted by Gasteiger charge is 2.18. The summed E-state index contributed by atoms with van der Waals surface area (Å²) in [6.07, 6.45) is 0. The van der Waals surface area contributed by atoms with E-state index in [1.807, 2.05) is 6.92 Å². The minimum absolute atomic E-state index is 0.0741. The van der Waals surface area contributed by atoms with Crippen molar-refractivity contribution in [2.24, 2.45) is 0 Å². The number of carbonyl (C=O) groups excluding carboxylic acids is 2. The Kier molecular flexibility index (Phi) is 6.51. The van der Waals surface area contributed by atoms with Gasteiger partial charge in [0.2, 0.25) is 0 Å². The number of nitrogens with one attached hydrogen (secondary N) is 1. The second-order valence-corrected chi connectivity index (χ2v) is 5.41. The molecule has 0 unspecified atom stereocenters. The zero-order valence-corrected chi connectivity index (χ0v) is 14.5. The fourth-order valence-electron chi connectivity index (χ4n) is 1.99. The Hall–Kier alpha value is -3.13. The Labute approximate surface area is 153 Å². The molecule has 0 aliphatic rings. The molecule has 0 aliphatic heterocycles. The van der Waals surface area contributed by atoms with Crippen LogP contribution in [0.4, 0.5) is 11.4 Å². The summed E-state index contributed by atoms with van der Waals surface area (Å²) in [7, 11) is 0. The van der Waals surface area contributed by atoms with Crippen molar-refractivity contribution < 1.29 is 24.0 Å². The maximum atomic E-state index is 11.9. The number of esters is 1. The van der Waals surface area contributed by atoms with Gasteiger partial charge >= 0.3 is 5.97 Å². The smallest absolute Gasteiger partial charge is 0.338 e.